The van der Waals surface area contributed by atoms with Crippen molar-refractivity contribution in [1.29, 1.82) is 0 Å². The second kappa shape index (κ2) is 4.45. The smallest absolute Gasteiger partial charge is 0.205 e. The number of halogens is 2. The average Bonchev–Trinajstić information content (AvgIpc) is 2.57. The van der Waals surface area contributed by atoms with Gasteiger partial charge in [-0.15, -0.1) is 11.3 Å². The van der Waals surface area contributed by atoms with E-state index >= 15 is 0 Å². The van der Waals surface area contributed by atoms with Gasteiger partial charge in [0.15, 0.2) is 0 Å². The maximum atomic E-state index is 12.0. The van der Waals surface area contributed by atoms with Gasteiger partial charge in [-0.3, -0.25) is 4.79 Å². The SMILES string of the molecule is Nc1c(C(=O)c2ccccc2)sc(Cl)c1Cl. The molecule has 1 aromatic carbocycles. The van der Waals surface area contributed by atoms with Crippen LogP contribution in [0.15, 0.2) is 30.3 Å². The van der Waals surface area contributed by atoms with Crippen molar-refractivity contribution in [2.75, 3.05) is 5.73 Å². The molecule has 2 N–H and O–H groups in total. The highest BCUT2D eigenvalue weighted by Crippen LogP contribution is 2.39. The zero-order valence-corrected chi connectivity index (χ0v) is 10.4. The lowest BCUT2D eigenvalue weighted by molar-refractivity contribution is 0.104. The predicted molar refractivity (Wildman–Crippen MR) is 68.6 cm³/mol. The molecule has 2 nitrogen and oxygen atoms in total. The lowest BCUT2D eigenvalue weighted by atomic mass is 10.1. The molecule has 0 unspecified atom stereocenters. The number of rotatable bonds is 2. The number of nitrogens with two attached hydrogens (primary N) is 1. The molecule has 0 saturated carbocycles. The van der Waals surface area contributed by atoms with Crippen LogP contribution in [0.2, 0.25) is 9.36 Å². The number of thiophene rings is 1. The highest BCUT2D eigenvalue weighted by molar-refractivity contribution is 7.19. The summed E-state index contributed by atoms with van der Waals surface area (Å²) in [6.07, 6.45) is 0. The summed E-state index contributed by atoms with van der Waals surface area (Å²) in [4.78, 5) is 12.4. The van der Waals surface area contributed by atoms with Crippen LogP contribution >= 0.6 is 34.5 Å². The summed E-state index contributed by atoms with van der Waals surface area (Å²) < 4.78 is 0.346. The molecule has 0 aliphatic rings. The fourth-order valence-corrected chi connectivity index (χ4v) is 2.69. The summed E-state index contributed by atoms with van der Waals surface area (Å²) in [5.41, 5.74) is 6.54. The molecular formula is C11H7Cl2NOS. The number of carbonyl (C=O) groups excluding carboxylic acids is 1. The number of hydrogen-bond donors (Lipinski definition) is 1. The lowest BCUT2D eigenvalue weighted by Gasteiger charge is -1.98. The summed E-state index contributed by atoms with van der Waals surface area (Å²) >= 11 is 12.8. The Labute approximate surface area is 107 Å². The first kappa shape index (κ1) is 11.5. The van der Waals surface area contributed by atoms with Gasteiger partial charge in [0.1, 0.15) is 9.21 Å². The van der Waals surface area contributed by atoms with Gasteiger partial charge in [0.2, 0.25) is 5.78 Å². The summed E-state index contributed by atoms with van der Waals surface area (Å²) in [5, 5.41) is 0.256. The first-order chi connectivity index (χ1) is 7.61. The monoisotopic (exact) mass is 271 g/mol. The van der Waals surface area contributed by atoms with Crippen LogP contribution < -0.4 is 5.73 Å². The molecule has 1 heterocycles. The highest BCUT2D eigenvalue weighted by atomic mass is 35.5. The van der Waals surface area contributed by atoms with Crippen LogP contribution in [0.25, 0.3) is 0 Å². The van der Waals surface area contributed by atoms with E-state index in [9.17, 15) is 4.79 Å². The molecule has 0 atom stereocenters. The maximum absolute atomic E-state index is 12.0. The van der Waals surface area contributed by atoms with Crippen LogP contribution in [0.1, 0.15) is 15.2 Å². The Morgan fingerprint density at radius 2 is 1.81 bits per heavy atom. The average molecular weight is 272 g/mol. The van der Waals surface area contributed by atoms with Crippen molar-refractivity contribution in [1.82, 2.24) is 0 Å². The Balaban J connectivity index is 2.46. The number of ketones is 1. The zero-order chi connectivity index (χ0) is 11.7. The van der Waals surface area contributed by atoms with Gasteiger partial charge >= 0.3 is 0 Å². The van der Waals surface area contributed by atoms with E-state index in [0.29, 0.717) is 14.8 Å². The quantitative estimate of drug-likeness (QED) is 0.843. The molecule has 0 bridgehead atoms. The largest absolute Gasteiger partial charge is 0.396 e. The molecule has 82 valence electrons. The van der Waals surface area contributed by atoms with Crippen molar-refractivity contribution >= 4 is 46.0 Å². The molecular weight excluding hydrogens is 265 g/mol. The van der Waals surface area contributed by atoms with Gasteiger partial charge in [-0.1, -0.05) is 53.5 Å². The number of benzene rings is 1. The van der Waals surface area contributed by atoms with E-state index in [4.69, 9.17) is 28.9 Å². The van der Waals surface area contributed by atoms with E-state index in [2.05, 4.69) is 0 Å². The minimum atomic E-state index is -0.156. The summed E-state index contributed by atoms with van der Waals surface area (Å²) in [6.45, 7) is 0. The number of carbonyl (C=O) groups is 1. The van der Waals surface area contributed by atoms with Gasteiger partial charge in [-0.05, 0) is 0 Å². The highest BCUT2D eigenvalue weighted by Gasteiger charge is 2.19. The Morgan fingerprint density at radius 1 is 1.19 bits per heavy atom. The van der Waals surface area contributed by atoms with E-state index in [1.54, 1.807) is 24.3 Å². The van der Waals surface area contributed by atoms with Crippen LogP contribution in [0.3, 0.4) is 0 Å². The van der Waals surface area contributed by atoms with Gasteiger partial charge in [0.05, 0.1) is 10.7 Å². The molecule has 2 aromatic rings. The second-order valence-electron chi connectivity index (χ2n) is 3.13. The standard InChI is InChI=1S/C11H7Cl2NOS/c12-7-8(14)10(16-11(7)13)9(15)6-4-2-1-3-5-6/h1-5H,14H2. The molecule has 1 aromatic heterocycles. The third-order valence-electron chi connectivity index (χ3n) is 2.09. The van der Waals surface area contributed by atoms with Crippen molar-refractivity contribution in [2.45, 2.75) is 0 Å². The van der Waals surface area contributed by atoms with Crippen molar-refractivity contribution in [3.63, 3.8) is 0 Å². The van der Waals surface area contributed by atoms with E-state index in [-0.39, 0.29) is 16.5 Å². The first-order valence-electron chi connectivity index (χ1n) is 4.44. The van der Waals surface area contributed by atoms with Crippen LogP contribution in [-0.4, -0.2) is 5.78 Å². The third-order valence-corrected chi connectivity index (χ3v) is 4.10. The van der Waals surface area contributed by atoms with E-state index in [1.807, 2.05) is 6.07 Å². The summed E-state index contributed by atoms with van der Waals surface area (Å²) in [6, 6.07) is 8.88. The van der Waals surface area contributed by atoms with Crippen LogP contribution in [0.5, 0.6) is 0 Å². The minimum Gasteiger partial charge on any atom is -0.396 e. The Hall–Kier alpha value is -1.03. The normalized spacial score (nSPS) is 10.4. The topological polar surface area (TPSA) is 43.1 Å². The zero-order valence-electron chi connectivity index (χ0n) is 8.04. The minimum absolute atomic E-state index is 0.156. The number of nitrogen functional groups attached to an aromatic ring is 1. The second-order valence-corrected chi connectivity index (χ2v) is 5.13. The van der Waals surface area contributed by atoms with Crippen LogP contribution in [0, 0.1) is 0 Å². The predicted octanol–water partition coefficient (Wildman–Crippen LogP) is 3.87. The van der Waals surface area contributed by atoms with Crippen LogP contribution in [-0.2, 0) is 0 Å². The van der Waals surface area contributed by atoms with Gasteiger partial charge in [0, 0.05) is 5.56 Å². The van der Waals surface area contributed by atoms with Gasteiger partial charge in [-0.25, -0.2) is 0 Å². The molecule has 2 rings (SSSR count). The Bertz CT molecular complexity index is 536. The van der Waals surface area contributed by atoms with E-state index in [1.165, 1.54) is 0 Å². The van der Waals surface area contributed by atoms with Gasteiger partial charge in [-0.2, -0.15) is 0 Å². The molecule has 5 heteroatoms. The molecule has 0 aliphatic carbocycles. The molecule has 0 radical (unpaired) electrons. The molecule has 0 fully saturated rings. The Kier molecular flexibility index (Phi) is 3.19. The van der Waals surface area contributed by atoms with Crippen molar-refractivity contribution in [3.05, 3.63) is 50.1 Å². The first-order valence-corrected chi connectivity index (χ1v) is 6.01. The molecule has 0 aliphatic heterocycles. The fraction of sp³-hybridized carbons (Fsp3) is 0. The molecule has 0 saturated heterocycles. The third kappa shape index (κ3) is 1.94. The van der Waals surface area contributed by atoms with Crippen molar-refractivity contribution in [3.8, 4) is 0 Å². The van der Waals surface area contributed by atoms with E-state index < -0.39 is 0 Å². The molecule has 16 heavy (non-hydrogen) atoms. The summed E-state index contributed by atoms with van der Waals surface area (Å²) in [7, 11) is 0. The van der Waals surface area contributed by atoms with Crippen molar-refractivity contribution in [2.24, 2.45) is 0 Å². The van der Waals surface area contributed by atoms with Gasteiger partial charge in [0.25, 0.3) is 0 Å². The van der Waals surface area contributed by atoms with Crippen molar-refractivity contribution < 1.29 is 4.79 Å². The van der Waals surface area contributed by atoms with Gasteiger partial charge < -0.3 is 5.73 Å². The van der Waals surface area contributed by atoms with E-state index in [0.717, 1.165) is 11.3 Å². The molecule has 0 spiro atoms. The Morgan fingerprint density at radius 3 is 2.31 bits per heavy atom. The lowest BCUT2D eigenvalue weighted by Crippen LogP contribution is -2.01. The number of hydrogen-bond acceptors (Lipinski definition) is 3. The summed E-state index contributed by atoms with van der Waals surface area (Å²) in [5.74, 6) is -0.156. The fourth-order valence-electron chi connectivity index (χ4n) is 1.28. The maximum Gasteiger partial charge on any atom is 0.205 e. The van der Waals surface area contributed by atoms with Crippen LogP contribution in [0.4, 0.5) is 5.69 Å². The number of anilines is 1. The molecule has 0 amide bonds.